The van der Waals surface area contributed by atoms with E-state index in [1.54, 1.807) is 18.5 Å². The molecule has 0 aromatic carbocycles. The van der Waals surface area contributed by atoms with E-state index in [0.717, 1.165) is 19.4 Å². The predicted octanol–water partition coefficient (Wildman–Crippen LogP) is 0.192. The third kappa shape index (κ3) is 3.89. The van der Waals surface area contributed by atoms with E-state index in [1.165, 1.54) is 0 Å². The standard InChI is InChI=1S/C13H20N4O2/c18-9-3-7-14-12(19)11-4-1-8-17(10-11)13-15-5-2-6-16-13/h2,5-6,11,18H,1,3-4,7-10H2,(H,14,19)/t11-/m0/s1. The molecule has 0 aliphatic carbocycles. The number of anilines is 1. The Morgan fingerprint density at radius 3 is 3.00 bits per heavy atom. The smallest absolute Gasteiger partial charge is 0.225 e. The van der Waals surface area contributed by atoms with Crippen molar-refractivity contribution >= 4 is 11.9 Å². The summed E-state index contributed by atoms with van der Waals surface area (Å²) in [5, 5.41) is 11.6. The molecular weight excluding hydrogens is 244 g/mol. The zero-order valence-electron chi connectivity index (χ0n) is 11.0. The molecule has 2 heterocycles. The predicted molar refractivity (Wildman–Crippen MR) is 71.7 cm³/mol. The van der Waals surface area contributed by atoms with Crippen LogP contribution in [0, 0.1) is 5.92 Å². The number of carbonyl (C=O) groups is 1. The molecule has 19 heavy (non-hydrogen) atoms. The maximum atomic E-state index is 12.0. The fourth-order valence-electron chi connectivity index (χ4n) is 2.26. The van der Waals surface area contributed by atoms with Crippen molar-refractivity contribution in [2.75, 3.05) is 31.1 Å². The number of hydrogen-bond acceptors (Lipinski definition) is 5. The van der Waals surface area contributed by atoms with Crippen LogP contribution in [0.1, 0.15) is 19.3 Å². The number of rotatable bonds is 5. The minimum absolute atomic E-state index is 0.0174. The van der Waals surface area contributed by atoms with Gasteiger partial charge in [0.1, 0.15) is 0 Å². The van der Waals surface area contributed by atoms with Crippen LogP contribution in [0.15, 0.2) is 18.5 Å². The van der Waals surface area contributed by atoms with Crippen molar-refractivity contribution in [3.05, 3.63) is 18.5 Å². The Kier molecular flexibility index (Phi) is 5.09. The summed E-state index contributed by atoms with van der Waals surface area (Å²) in [7, 11) is 0. The average Bonchev–Trinajstić information content (AvgIpc) is 2.48. The molecule has 2 N–H and O–H groups in total. The Labute approximate surface area is 112 Å². The van der Waals surface area contributed by atoms with E-state index >= 15 is 0 Å². The van der Waals surface area contributed by atoms with Gasteiger partial charge in [0.2, 0.25) is 11.9 Å². The Morgan fingerprint density at radius 2 is 2.26 bits per heavy atom. The highest BCUT2D eigenvalue weighted by atomic mass is 16.3. The highest BCUT2D eigenvalue weighted by Gasteiger charge is 2.26. The van der Waals surface area contributed by atoms with Gasteiger partial charge < -0.3 is 15.3 Å². The van der Waals surface area contributed by atoms with Gasteiger partial charge in [0.25, 0.3) is 0 Å². The Hall–Kier alpha value is -1.69. The van der Waals surface area contributed by atoms with Gasteiger partial charge in [-0.05, 0) is 25.3 Å². The number of amides is 1. The van der Waals surface area contributed by atoms with Crippen LogP contribution in [0.25, 0.3) is 0 Å². The van der Waals surface area contributed by atoms with Crippen molar-refractivity contribution in [2.24, 2.45) is 5.92 Å². The van der Waals surface area contributed by atoms with E-state index < -0.39 is 0 Å². The Morgan fingerprint density at radius 1 is 1.47 bits per heavy atom. The normalized spacial score (nSPS) is 19.2. The first kappa shape index (κ1) is 13.7. The maximum absolute atomic E-state index is 12.0. The van der Waals surface area contributed by atoms with E-state index in [4.69, 9.17) is 5.11 Å². The summed E-state index contributed by atoms with van der Waals surface area (Å²) in [5.74, 6) is 0.737. The number of aromatic nitrogens is 2. The Bertz CT molecular complexity index is 399. The third-order valence-electron chi connectivity index (χ3n) is 3.26. The number of aliphatic hydroxyl groups is 1. The van der Waals surface area contributed by atoms with Crippen LogP contribution >= 0.6 is 0 Å². The van der Waals surface area contributed by atoms with Gasteiger partial charge in [-0.1, -0.05) is 0 Å². The number of carbonyl (C=O) groups excluding carboxylic acids is 1. The van der Waals surface area contributed by atoms with Gasteiger partial charge in [0.15, 0.2) is 0 Å². The molecule has 1 aliphatic rings. The summed E-state index contributed by atoms with van der Waals surface area (Å²) < 4.78 is 0. The summed E-state index contributed by atoms with van der Waals surface area (Å²) in [6.45, 7) is 2.20. The molecule has 0 radical (unpaired) electrons. The molecular formula is C13H20N4O2. The van der Waals surface area contributed by atoms with Crippen LogP contribution < -0.4 is 10.2 Å². The molecule has 1 saturated heterocycles. The number of piperidine rings is 1. The first-order valence-electron chi connectivity index (χ1n) is 6.72. The minimum Gasteiger partial charge on any atom is -0.396 e. The SMILES string of the molecule is O=C(NCCCO)[C@H]1CCCN(c2ncccn2)C1. The quantitative estimate of drug-likeness (QED) is 0.742. The molecule has 0 spiro atoms. The molecule has 1 amide bonds. The second-order valence-electron chi connectivity index (χ2n) is 4.70. The van der Waals surface area contributed by atoms with E-state index in [1.807, 2.05) is 0 Å². The van der Waals surface area contributed by atoms with Gasteiger partial charge in [-0.15, -0.1) is 0 Å². The highest BCUT2D eigenvalue weighted by molar-refractivity contribution is 5.79. The van der Waals surface area contributed by atoms with E-state index in [2.05, 4.69) is 20.2 Å². The van der Waals surface area contributed by atoms with E-state index in [9.17, 15) is 4.79 Å². The molecule has 0 saturated carbocycles. The fraction of sp³-hybridized carbons (Fsp3) is 0.615. The summed E-state index contributed by atoms with van der Waals surface area (Å²) in [4.78, 5) is 22.5. The zero-order chi connectivity index (χ0) is 13.5. The number of aliphatic hydroxyl groups excluding tert-OH is 1. The van der Waals surface area contributed by atoms with Gasteiger partial charge in [0, 0.05) is 38.6 Å². The van der Waals surface area contributed by atoms with Crippen LogP contribution in [0.2, 0.25) is 0 Å². The number of nitrogens with one attached hydrogen (secondary N) is 1. The lowest BCUT2D eigenvalue weighted by Gasteiger charge is -2.31. The second kappa shape index (κ2) is 7.04. The second-order valence-corrected chi connectivity index (χ2v) is 4.70. The highest BCUT2D eigenvalue weighted by Crippen LogP contribution is 2.19. The van der Waals surface area contributed by atoms with Gasteiger partial charge in [-0.2, -0.15) is 0 Å². The Balaban J connectivity index is 1.88. The van der Waals surface area contributed by atoms with E-state index in [-0.39, 0.29) is 18.4 Å². The summed E-state index contributed by atoms with van der Waals surface area (Å²) >= 11 is 0. The largest absolute Gasteiger partial charge is 0.396 e. The molecule has 0 unspecified atom stereocenters. The lowest BCUT2D eigenvalue weighted by atomic mass is 9.97. The summed E-state index contributed by atoms with van der Waals surface area (Å²) in [5.41, 5.74) is 0. The topological polar surface area (TPSA) is 78.4 Å². The van der Waals surface area contributed by atoms with Gasteiger partial charge in [-0.3, -0.25) is 4.79 Å². The van der Waals surface area contributed by atoms with Crippen molar-refractivity contribution in [1.29, 1.82) is 0 Å². The summed E-state index contributed by atoms with van der Waals surface area (Å²) in [6, 6.07) is 1.78. The van der Waals surface area contributed by atoms with Crippen LogP contribution in [0.4, 0.5) is 5.95 Å². The summed E-state index contributed by atoms with van der Waals surface area (Å²) in [6.07, 6.45) is 5.90. The van der Waals surface area contributed by atoms with Gasteiger partial charge in [-0.25, -0.2) is 9.97 Å². The maximum Gasteiger partial charge on any atom is 0.225 e. The third-order valence-corrected chi connectivity index (χ3v) is 3.26. The van der Waals surface area contributed by atoms with Crippen molar-refractivity contribution in [2.45, 2.75) is 19.3 Å². The number of hydrogen-bond donors (Lipinski definition) is 2. The molecule has 1 aliphatic heterocycles. The van der Waals surface area contributed by atoms with Crippen LogP contribution in [-0.4, -0.2) is 47.2 Å². The van der Waals surface area contributed by atoms with Crippen molar-refractivity contribution < 1.29 is 9.90 Å². The van der Waals surface area contributed by atoms with Crippen LogP contribution in [0.3, 0.4) is 0 Å². The molecule has 0 bridgehead atoms. The lowest BCUT2D eigenvalue weighted by molar-refractivity contribution is -0.125. The first-order valence-corrected chi connectivity index (χ1v) is 6.72. The molecule has 6 nitrogen and oxygen atoms in total. The van der Waals surface area contributed by atoms with Gasteiger partial charge >= 0.3 is 0 Å². The molecule has 1 atom stereocenters. The molecule has 1 aromatic heterocycles. The molecule has 2 rings (SSSR count). The zero-order valence-corrected chi connectivity index (χ0v) is 11.0. The average molecular weight is 264 g/mol. The molecule has 104 valence electrons. The fourth-order valence-corrected chi connectivity index (χ4v) is 2.26. The number of nitrogens with zero attached hydrogens (tertiary/aromatic N) is 3. The van der Waals surface area contributed by atoms with Crippen molar-refractivity contribution in [3.8, 4) is 0 Å². The molecule has 1 fully saturated rings. The lowest BCUT2D eigenvalue weighted by Crippen LogP contribution is -2.44. The van der Waals surface area contributed by atoms with Crippen molar-refractivity contribution in [3.63, 3.8) is 0 Å². The molecule has 1 aromatic rings. The van der Waals surface area contributed by atoms with Crippen LogP contribution in [-0.2, 0) is 4.79 Å². The minimum atomic E-state index is -0.0174. The van der Waals surface area contributed by atoms with Crippen LogP contribution in [0.5, 0.6) is 0 Å². The van der Waals surface area contributed by atoms with Crippen molar-refractivity contribution in [1.82, 2.24) is 15.3 Å². The van der Waals surface area contributed by atoms with E-state index in [0.29, 0.717) is 25.5 Å². The monoisotopic (exact) mass is 264 g/mol. The van der Waals surface area contributed by atoms with Gasteiger partial charge in [0.05, 0.1) is 5.92 Å². The molecule has 6 heteroatoms. The first-order chi connectivity index (χ1) is 9.31.